The van der Waals surface area contributed by atoms with Crippen LogP contribution in [-0.2, 0) is 19.4 Å². The molecule has 3 aromatic rings. The van der Waals surface area contributed by atoms with E-state index in [0.717, 1.165) is 28.2 Å². The SMILES string of the molecule is CCc1csc(C(Cc2ccc(C(N)=O)cc2)NC(=O)NCc2ccccc2)n1. The molecule has 150 valence electrons. The quantitative estimate of drug-likeness (QED) is 0.531. The second-order valence-corrected chi connectivity index (χ2v) is 7.55. The zero-order valence-corrected chi connectivity index (χ0v) is 17.0. The van der Waals surface area contributed by atoms with Gasteiger partial charge in [-0.2, -0.15) is 0 Å². The molecule has 0 saturated heterocycles. The molecule has 0 fully saturated rings. The Morgan fingerprint density at radius 2 is 1.79 bits per heavy atom. The Morgan fingerprint density at radius 1 is 1.07 bits per heavy atom. The lowest BCUT2D eigenvalue weighted by molar-refractivity contribution is 0.1000. The van der Waals surface area contributed by atoms with Crippen LogP contribution in [-0.4, -0.2) is 16.9 Å². The summed E-state index contributed by atoms with van der Waals surface area (Å²) >= 11 is 1.54. The van der Waals surface area contributed by atoms with Crippen LogP contribution in [0.3, 0.4) is 0 Å². The number of carbonyl (C=O) groups excluding carboxylic acids is 2. The van der Waals surface area contributed by atoms with Gasteiger partial charge < -0.3 is 16.4 Å². The first-order valence-electron chi connectivity index (χ1n) is 9.46. The van der Waals surface area contributed by atoms with E-state index >= 15 is 0 Å². The fraction of sp³-hybridized carbons (Fsp3) is 0.227. The molecule has 1 heterocycles. The Hall–Kier alpha value is -3.19. The predicted octanol–water partition coefficient (Wildman–Crippen LogP) is 3.59. The number of thiazole rings is 1. The Balaban J connectivity index is 1.70. The minimum Gasteiger partial charge on any atom is -0.366 e. The molecule has 2 aromatic carbocycles. The number of primary amides is 1. The Labute approximate surface area is 174 Å². The summed E-state index contributed by atoms with van der Waals surface area (Å²) in [7, 11) is 0. The maximum absolute atomic E-state index is 12.5. The van der Waals surface area contributed by atoms with E-state index in [2.05, 4.69) is 22.5 Å². The van der Waals surface area contributed by atoms with Gasteiger partial charge in [0, 0.05) is 17.5 Å². The molecule has 1 aromatic heterocycles. The summed E-state index contributed by atoms with van der Waals surface area (Å²) in [5, 5.41) is 8.80. The van der Waals surface area contributed by atoms with Crippen molar-refractivity contribution in [1.82, 2.24) is 15.6 Å². The number of nitrogens with two attached hydrogens (primary N) is 1. The van der Waals surface area contributed by atoms with Gasteiger partial charge in [-0.1, -0.05) is 49.4 Å². The fourth-order valence-corrected chi connectivity index (χ4v) is 3.83. The number of nitrogens with one attached hydrogen (secondary N) is 2. The van der Waals surface area contributed by atoms with Gasteiger partial charge in [-0.25, -0.2) is 9.78 Å². The Kier molecular flexibility index (Phi) is 6.97. The van der Waals surface area contributed by atoms with Crippen molar-refractivity contribution in [3.05, 3.63) is 87.4 Å². The third-order valence-corrected chi connectivity index (χ3v) is 5.52. The molecule has 3 amide bonds. The molecular weight excluding hydrogens is 384 g/mol. The van der Waals surface area contributed by atoms with Crippen molar-refractivity contribution in [2.45, 2.75) is 32.4 Å². The zero-order chi connectivity index (χ0) is 20.6. The molecule has 6 nitrogen and oxygen atoms in total. The highest BCUT2D eigenvalue weighted by Crippen LogP contribution is 2.23. The molecule has 3 rings (SSSR count). The number of nitrogens with zero attached hydrogens (tertiary/aromatic N) is 1. The number of carbonyl (C=O) groups is 2. The topological polar surface area (TPSA) is 97.1 Å². The van der Waals surface area contributed by atoms with E-state index in [9.17, 15) is 9.59 Å². The molecule has 1 unspecified atom stereocenters. The zero-order valence-electron chi connectivity index (χ0n) is 16.2. The van der Waals surface area contributed by atoms with Crippen LogP contribution >= 0.6 is 11.3 Å². The van der Waals surface area contributed by atoms with Crippen molar-refractivity contribution in [3.8, 4) is 0 Å². The van der Waals surface area contributed by atoms with Crippen molar-refractivity contribution < 1.29 is 9.59 Å². The van der Waals surface area contributed by atoms with Crippen molar-refractivity contribution in [2.75, 3.05) is 0 Å². The van der Waals surface area contributed by atoms with Crippen LogP contribution in [0.4, 0.5) is 4.79 Å². The average molecular weight is 409 g/mol. The van der Waals surface area contributed by atoms with Crippen LogP contribution in [0.25, 0.3) is 0 Å². The number of benzene rings is 2. The molecule has 0 aliphatic carbocycles. The maximum atomic E-state index is 12.5. The molecule has 7 heteroatoms. The van der Waals surface area contributed by atoms with Crippen LogP contribution in [0.5, 0.6) is 0 Å². The summed E-state index contributed by atoms with van der Waals surface area (Å²) in [6.07, 6.45) is 1.41. The van der Waals surface area contributed by atoms with E-state index in [0.29, 0.717) is 18.5 Å². The van der Waals surface area contributed by atoms with Crippen molar-refractivity contribution >= 4 is 23.3 Å². The highest BCUT2D eigenvalue weighted by atomic mass is 32.1. The first-order chi connectivity index (χ1) is 14.0. The summed E-state index contributed by atoms with van der Waals surface area (Å²) < 4.78 is 0. The van der Waals surface area contributed by atoms with Gasteiger partial charge in [0.15, 0.2) is 0 Å². The Morgan fingerprint density at radius 3 is 2.41 bits per heavy atom. The third kappa shape index (κ3) is 5.89. The van der Waals surface area contributed by atoms with Crippen LogP contribution in [0.15, 0.2) is 60.0 Å². The molecular formula is C22H24N4O2S. The van der Waals surface area contributed by atoms with Gasteiger partial charge >= 0.3 is 6.03 Å². The van der Waals surface area contributed by atoms with Gasteiger partial charge in [-0.3, -0.25) is 4.79 Å². The highest BCUT2D eigenvalue weighted by molar-refractivity contribution is 7.09. The van der Waals surface area contributed by atoms with Gasteiger partial charge in [-0.15, -0.1) is 11.3 Å². The van der Waals surface area contributed by atoms with E-state index in [1.165, 1.54) is 11.3 Å². The van der Waals surface area contributed by atoms with Crippen LogP contribution in [0, 0.1) is 0 Å². The maximum Gasteiger partial charge on any atom is 0.315 e. The lowest BCUT2D eigenvalue weighted by Crippen LogP contribution is -2.38. The number of hydrogen-bond acceptors (Lipinski definition) is 4. The summed E-state index contributed by atoms with van der Waals surface area (Å²) in [4.78, 5) is 28.4. The number of rotatable bonds is 8. The number of urea groups is 1. The molecule has 0 saturated carbocycles. The largest absolute Gasteiger partial charge is 0.366 e. The number of aromatic nitrogens is 1. The summed E-state index contributed by atoms with van der Waals surface area (Å²) in [6, 6.07) is 16.3. The van der Waals surface area contributed by atoms with Crippen molar-refractivity contribution in [3.63, 3.8) is 0 Å². The van der Waals surface area contributed by atoms with Crippen LogP contribution in [0.2, 0.25) is 0 Å². The van der Waals surface area contributed by atoms with Crippen molar-refractivity contribution in [2.24, 2.45) is 5.73 Å². The minimum atomic E-state index is -0.459. The average Bonchev–Trinajstić information content (AvgIpc) is 3.22. The van der Waals surface area contributed by atoms with E-state index in [1.54, 1.807) is 12.1 Å². The monoisotopic (exact) mass is 408 g/mol. The van der Waals surface area contributed by atoms with Gasteiger partial charge in [0.1, 0.15) is 5.01 Å². The van der Waals surface area contributed by atoms with Gasteiger partial charge in [-0.05, 0) is 36.1 Å². The molecule has 29 heavy (non-hydrogen) atoms. The second-order valence-electron chi connectivity index (χ2n) is 6.66. The molecule has 0 radical (unpaired) electrons. The smallest absolute Gasteiger partial charge is 0.315 e. The summed E-state index contributed by atoms with van der Waals surface area (Å²) in [5.41, 5.74) is 8.79. The van der Waals surface area contributed by atoms with Gasteiger partial charge in [0.25, 0.3) is 0 Å². The summed E-state index contributed by atoms with van der Waals surface area (Å²) in [5.74, 6) is -0.459. The molecule has 1 atom stereocenters. The van der Waals surface area contributed by atoms with Gasteiger partial charge in [0.05, 0.1) is 11.7 Å². The van der Waals surface area contributed by atoms with Crippen molar-refractivity contribution in [1.29, 1.82) is 0 Å². The first kappa shape index (κ1) is 20.5. The number of hydrogen-bond donors (Lipinski definition) is 3. The minimum absolute atomic E-state index is 0.249. The fourth-order valence-electron chi connectivity index (χ4n) is 2.87. The second kappa shape index (κ2) is 9.84. The lowest BCUT2D eigenvalue weighted by atomic mass is 10.0. The van der Waals surface area contributed by atoms with E-state index < -0.39 is 5.91 Å². The first-order valence-corrected chi connectivity index (χ1v) is 10.3. The highest BCUT2D eigenvalue weighted by Gasteiger charge is 2.19. The van der Waals surface area contributed by atoms with Crippen LogP contribution < -0.4 is 16.4 Å². The molecule has 0 spiro atoms. The van der Waals surface area contributed by atoms with E-state index in [4.69, 9.17) is 5.73 Å². The molecule has 4 N–H and O–H groups in total. The molecule has 0 aliphatic rings. The Bertz CT molecular complexity index is 954. The normalized spacial score (nSPS) is 11.6. The summed E-state index contributed by atoms with van der Waals surface area (Å²) in [6.45, 7) is 2.50. The molecule has 0 bridgehead atoms. The number of amides is 3. The number of aryl methyl sites for hydroxylation is 1. The third-order valence-electron chi connectivity index (χ3n) is 4.51. The molecule has 0 aliphatic heterocycles. The lowest BCUT2D eigenvalue weighted by Gasteiger charge is -2.17. The van der Waals surface area contributed by atoms with E-state index in [1.807, 2.05) is 47.8 Å². The predicted molar refractivity (Wildman–Crippen MR) is 115 cm³/mol. The van der Waals surface area contributed by atoms with Gasteiger partial charge in [0.2, 0.25) is 5.91 Å². The standard InChI is InChI=1S/C22H24N4O2S/c1-2-18-14-29-21(25-18)19(12-15-8-10-17(11-9-15)20(23)27)26-22(28)24-13-16-6-4-3-5-7-16/h3-11,14,19H,2,12-13H2,1H3,(H2,23,27)(H2,24,26,28). The van der Waals surface area contributed by atoms with E-state index in [-0.39, 0.29) is 12.1 Å². The van der Waals surface area contributed by atoms with Crippen LogP contribution in [0.1, 0.15) is 45.2 Å².